The highest BCUT2D eigenvalue weighted by Gasteiger charge is 2.23. The van der Waals surface area contributed by atoms with Crippen LogP contribution in [-0.4, -0.2) is 19.1 Å². The van der Waals surface area contributed by atoms with Crippen molar-refractivity contribution in [3.8, 4) is 5.75 Å². The summed E-state index contributed by atoms with van der Waals surface area (Å²) in [6, 6.07) is 13.8. The van der Waals surface area contributed by atoms with E-state index in [1.165, 1.54) is 12.1 Å². The minimum absolute atomic E-state index is 0.0131. The Morgan fingerprint density at radius 3 is 2.81 bits per heavy atom. The van der Waals surface area contributed by atoms with Gasteiger partial charge in [0, 0.05) is 12.2 Å². The molecule has 1 aliphatic rings. The van der Waals surface area contributed by atoms with E-state index in [-0.39, 0.29) is 18.3 Å². The number of halogens is 1. The number of amides is 1. The summed E-state index contributed by atoms with van der Waals surface area (Å²) in [7, 11) is 0. The lowest BCUT2D eigenvalue weighted by Gasteiger charge is -2.29. The number of rotatable bonds is 3. The SMILES string of the molecule is O=C(COc1ccccc1)N1CCCc2cc(F)ccc21. The molecule has 0 radical (unpaired) electrons. The van der Waals surface area contributed by atoms with Gasteiger partial charge in [-0.05, 0) is 48.7 Å². The van der Waals surface area contributed by atoms with Gasteiger partial charge in [0.05, 0.1) is 0 Å². The first-order chi connectivity index (χ1) is 10.2. The number of benzene rings is 2. The van der Waals surface area contributed by atoms with Crippen molar-refractivity contribution in [2.24, 2.45) is 0 Å². The summed E-state index contributed by atoms with van der Waals surface area (Å²) in [4.78, 5) is 14.0. The standard InChI is InChI=1S/C17H16FNO2/c18-14-8-9-16-13(11-14)5-4-10-19(16)17(20)12-21-15-6-2-1-3-7-15/h1-3,6-9,11H,4-5,10,12H2. The lowest BCUT2D eigenvalue weighted by atomic mass is 10.0. The molecule has 4 heteroatoms. The largest absolute Gasteiger partial charge is 0.484 e. The van der Waals surface area contributed by atoms with E-state index >= 15 is 0 Å². The van der Waals surface area contributed by atoms with Gasteiger partial charge in [0.2, 0.25) is 0 Å². The van der Waals surface area contributed by atoms with E-state index in [2.05, 4.69) is 0 Å². The highest BCUT2D eigenvalue weighted by molar-refractivity contribution is 5.95. The molecule has 3 rings (SSSR count). The fourth-order valence-corrected chi connectivity index (χ4v) is 2.56. The van der Waals surface area contributed by atoms with Crippen molar-refractivity contribution in [1.29, 1.82) is 0 Å². The predicted molar refractivity (Wildman–Crippen MR) is 79.0 cm³/mol. The zero-order valence-electron chi connectivity index (χ0n) is 11.6. The number of hydrogen-bond acceptors (Lipinski definition) is 2. The van der Waals surface area contributed by atoms with Gasteiger partial charge >= 0.3 is 0 Å². The van der Waals surface area contributed by atoms with Crippen molar-refractivity contribution >= 4 is 11.6 Å². The number of fused-ring (bicyclic) bond motifs is 1. The van der Waals surface area contributed by atoms with Gasteiger partial charge in [-0.3, -0.25) is 4.79 Å². The third-order valence-corrected chi connectivity index (χ3v) is 3.57. The first-order valence-electron chi connectivity index (χ1n) is 7.01. The third-order valence-electron chi connectivity index (χ3n) is 3.57. The number of nitrogens with zero attached hydrogens (tertiary/aromatic N) is 1. The van der Waals surface area contributed by atoms with E-state index in [9.17, 15) is 9.18 Å². The normalized spacial score (nSPS) is 13.7. The Hall–Kier alpha value is -2.36. The van der Waals surface area contributed by atoms with E-state index in [0.29, 0.717) is 12.3 Å². The van der Waals surface area contributed by atoms with E-state index in [0.717, 1.165) is 24.1 Å². The molecule has 0 bridgehead atoms. The topological polar surface area (TPSA) is 29.5 Å². The van der Waals surface area contributed by atoms with Crippen LogP contribution in [0.25, 0.3) is 0 Å². The molecule has 1 amide bonds. The van der Waals surface area contributed by atoms with Crippen molar-refractivity contribution in [2.75, 3.05) is 18.1 Å². The molecule has 0 saturated carbocycles. The molecular weight excluding hydrogens is 269 g/mol. The number of para-hydroxylation sites is 1. The zero-order valence-corrected chi connectivity index (χ0v) is 11.6. The molecule has 2 aromatic carbocycles. The Balaban J connectivity index is 1.71. The van der Waals surface area contributed by atoms with Crippen LogP contribution in [-0.2, 0) is 11.2 Å². The summed E-state index contributed by atoms with van der Waals surface area (Å²) in [6.45, 7) is 0.635. The number of ether oxygens (including phenoxy) is 1. The molecule has 0 N–H and O–H groups in total. The second-order valence-corrected chi connectivity index (χ2v) is 5.02. The molecular formula is C17H16FNO2. The van der Waals surface area contributed by atoms with Crippen molar-refractivity contribution in [3.63, 3.8) is 0 Å². The molecule has 0 saturated heterocycles. The molecule has 2 aromatic rings. The van der Waals surface area contributed by atoms with Crippen LogP contribution < -0.4 is 9.64 Å². The average molecular weight is 285 g/mol. The lowest BCUT2D eigenvalue weighted by molar-refractivity contribution is -0.120. The summed E-state index contributed by atoms with van der Waals surface area (Å²) in [6.07, 6.45) is 1.64. The third kappa shape index (κ3) is 3.05. The summed E-state index contributed by atoms with van der Waals surface area (Å²) >= 11 is 0. The fraction of sp³-hybridized carbons (Fsp3) is 0.235. The minimum atomic E-state index is -0.261. The monoisotopic (exact) mass is 285 g/mol. The van der Waals surface area contributed by atoms with Crippen LogP contribution in [0.2, 0.25) is 0 Å². The quantitative estimate of drug-likeness (QED) is 0.867. The average Bonchev–Trinajstić information content (AvgIpc) is 2.52. The van der Waals surface area contributed by atoms with Gasteiger partial charge in [-0.15, -0.1) is 0 Å². The Morgan fingerprint density at radius 2 is 2.00 bits per heavy atom. The first kappa shape index (κ1) is 13.6. The van der Waals surface area contributed by atoms with Gasteiger partial charge in [0.15, 0.2) is 6.61 Å². The molecule has 0 atom stereocenters. The Kier molecular flexibility index (Phi) is 3.86. The summed E-state index contributed by atoms with van der Waals surface area (Å²) in [5, 5.41) is 0. The lowest BCUT2D eigenvalue weighted by Crippen LogP contribution is -2.38. The maximum Gasteiger partial charge on any atom is 0.264 e. The molecule has 0 aromatic heterocycles. The highest BCUT2D eigenvalue weighted by Crippen LogP contribution is 2.27. The number of carbonyl (C=O) groups excluding carboxylic acids is 1. The number of aryl methyl sites for hydroxylation is 1. The van der Waals surface area contributed by atoms with E-state index < -0.39 is 0 Å². The Morgan fingerprint density at radius 1 is 1.19 bits per heavy atom. The zero-order chi connectivity index (χ0) is 14.7. The van der Waals surface area contributed by atoms with E-state index in [4.69, 9.17) is 4.74 Å². The van der Waals surface area contributed by atoms with Gasteiger partial charge in [-0.2, -0.15) is 0 Å². The van der Waals surface area contributed by atoms with Crippen molar-refractivity contribution < 1.29 is 13.9 Å². The van der Waals surface area contributed by atoms with Crippen molar-refractivity contribution in [1.82, 2.24) is 0 Å². The molecule has 0 aliphatic carbocycles. The maximum absolute atomic E-state index is 13.3. The van der Waals surface area contributed by atoms with Gasteiger partial charge < -0.3 is 9.64 Å². The summed E-state index contributed by atoms with van der Waals surface area (Å²) in [5.41, 5.74) is 1.68. The van der Waals surface area contributed by atoms with Crippen LogP contribution in [0.1, 0.15) is 12.0 Å². The van der Waals surface area contributed by atoms with Crippen LogP contribution in [0, 0.1) is 5.82 Å². The summed E-state index contributed by atoms with van der Waals surface area (Å²) < 4.78 is 18.8. The Bertz CT molecular complexity index is 642. The molecule has 0 unspecified atom stereocenters. The number of anilines is 1. The molecule has 3 nitrogen and oxygen atoms in total. The maximum atomic E-state index is 13.3. The van der Waals surface area contributed by atoms with Crippen LogP contribution in [0.5, 0.6) is 5.75 Å². The smallest absolute Gasteiger partial charge is 0.264 e. The highest BCUT2D eigenvalue weighted by atomic mass is 19.1. The van der Waals surface area contributed by atoms with Crippen molar-refractivity contribution in [2.45, 2.75) is 12.8 Å². The molecule has 0 spiro atoms. The van der Waals surface area contributed by atoms with Crippen LogP contribution in [0.4, 0.5) is 10.1 Å². The Labute approximate surface area is 123 Å². The van der Waals surface area contributed by atoms with Crippen LogP contribution in [0.3, 0.4) is 0 Å². The molecule has 108 valence electrons. The number of hydrogen-bond donors (Lipinski definition) is 0. The van der Waals surface area contributed by atoms with Crippen molar-refractivity contribution in [3.05, 3.63) is 59.9 Å². The summed E-state index contributed by atoms with van der Waals surface area (Å²) in [5.74, 6) is 0.303. The molecule has 1 aliphatic heterocycles. The first-order valence-corrected chi connectivity index (χ1v) is 7.01. The second kappa shape index (κ2) is 5.95. The number of carbonyl (C=O) groups is 1. The van der Waals surface area contributed by atoms with Gasteiger partial charge in [0.25, 0.3) is 5.91 Å². The van der Waals surface area contributed by atoms with E-state index in [1.807, 2.05) is 30.3 Å². The predicted octanol–water partition coefficient (Wildman–Crippen LogP) is 3.18. The fourth-order valence-electron chi connectivity index (χ4n) is 2.56. The molecule has 1 heterocycles. The molecule has 21 heavy (non-hydrogen) atoms. The van der Waals surface area contributed by atoms with Gasteiger partial charge in [-0.25, -0.2) is 4.39 Å². The van der Waals surface area contributed by atoms with E-state index in [1.54, 1.807) is 11.0 Å². The second-order valence-electron chi connectivity index (χ2n) is 5.02. The van der Waals surface area contributed by atoms with Crippen LogP contribution >= 0.6 is 0 Å². The molecule has 0 fully saturated rings. The van der Waals surface area contributed by atoms with Gasteiger partial charge in [-0.1, -0.05) is 18.2 Å². The van der Waals surface area contributed by atoms with Crippen LogP contribution in [0.15, 0.2) is 48.5 Å². The minimum Gasteiger partial charge on any atom is -0.484 e. The van der Waals surface area contributed by atoms with Gasteiger partial charge in [0.1, 0.15) is 11.6 Å².